The molecule has 0 spiro atoms. The van der Waals surface area contributed by atoms with Gasteiger partial charge in [-0.15, -0.1) is 11.6 Å². The monoisotopic (exact) mass is 306 g/mol. The molecule has 20 heavy (non-hydrogen) atoms. The molecule has 0 N–H and O–H groups in total. The van der Waals surface area contributed by atoms with Crippen LogP contribution in [0.3, 0.4) is 0 Å². The smallest absolute Gasteiger partial charge is 0.356 e. The number of aromatic nitrogens is 1. The number of nitrogens with zero attached hydrogens (tertiary/aromatic N) is 2. The van der Waals surface area contributed by atoms with Gasteiger partial charge in [-0.3, -0.25) is 0 Å². The van der Waals surface area contributed by atoms with Crippen LogP contribution in [-0.4, -0.2) is 24.2 Å². The number of rotatable bonds is 3. The van der Waals surface area contributed by atoms with E-state index < -0.39 is 12.1 Å². The van der Waals surface area contributed by atoms with Crippen molar-refractivity contribution in [2.45, 2.75) is 38.2 Å². The van der Waals surface area contributed by atoms with E-state index in [1.54, 1.807) is 11.0 Å². The molecule has 0 aromatic carbocycles. The molecular formula is C14H18ClF3N2. The zero-order chi connectivity index (χ0) is 14.8. The predicted molar refractivity (Wildman–Crippen MR) is 74.2 cm³/mol. The minimum Gasteiger partial charge on any atom is -0.356 e. The van der Waals surface area contributed by atoms with E-state index in [9.17, 15) is 13.2 Å². The molecule has 1 aromatic heterocycles. The Morgan fingerprint density at radius 2 is 2.15 bits per heavy atom. The van der Waals surface area contributed by atoms with Crippen molar-refractivity contribution < 1.29 is 13.2 Å². The predicted octanol–water partition coefficient (Wildman–Crippen LogP) is 4.16. The molecule has 2 nitrogen and oxygen atoms in total. The van der Waals surface area contributed by atoms with Crippen LogP contribution in [0, 0.1) is 5.92 Å². The Hall–Kier alpha value is -0.970. The molecule has 1 aromatic rings. The Labute approximate surface area is 121 Å². The average Bonchev–Trinajstić information content (AvgIpc) is 2.46. The zero-order valence-electron chi connectivity index (χ0n) is 11.4. The van der Waals surface area contributed by atoms with Crippen molar-refractivity contribution in [3.63, 3.8) is 0 Å². The molecule has 1 aliphatic rings. The maximum absolute atomic E-state index is 12.9. The van der Waals surface area contributed by atoms with E-state index in [1.165, 1.54) is 0 Å². The van der Waals surface area contributed by atoms with Crippen LogP contribution >= 0.6 is 11.6 Å². The van der Waals surface area contributed by atoms with E-state index in [2.05, 4.69) is 4.98 Å². The van der Waals surface area contributed by atoms with Gasteiger partial charge in [0.2, 0.25) is 0 Å². The van der Waals surface area contributed by atoms with Gasteiger partial charge in [0.05, 0.1) is 5.92 Å². The summed E-state index contributed by atoms with van der Waals surface area (Å²) in [5, 5.41) is 0. The first-order valence-electron chi connectivity index (χ1n) is 6.81. The van der Waals surface area contributed by atoms with Gasteiger partial charge in [-0.25, -0.2) is 4.98 Å². The van der Waals surface area contributed by atoms with Crippen LogP contribution in [0.1, 0.15) is 31.0 Å². The Balaban J connectivity index is 2.22. The van der Waals surface area contributed by atoms with Crippen LogP contribution in [0.5, 0.6) is 0 Å². The number of halogens is 4. The molecule has 0 saturated carbocycles. The second kappa shape index (κ2) is 6.20. The maximum Gasteiger partial charge on any atom is 0.393 e. The van der Waals surface area contributed by atoms with Crippen LogP contribution in [0.15, 0.2) is 12.1 Å². The van der Waals surface area contributed by atoms with Crippen molar-refractivity contribution >= 4 is 17.4 Å². The highest BCUT2D eigenvalue weighted by Gasteiger charge is 2.42. The maximum atomic E-state index is 12.9. The van der Waals surface area contributed by atoms with Gasteiger partial charge >= 0.3 is 6.18 Å². The van der Waals surface area contributed by atoms with Crippen molar-refractivity contribution in [2.24, 2.45) is 5.92 Å². The standard InChI is InChI=1S/C14H18ClF3N2/c1-2-12-6-10(8-15)7-13(19-12)20-5-3-4-11(9-20)14(16,17)18/h6-7,11H,2-5,8-9H2,1H3. The lowest BCUT2D eigenvalue weighted by molar-refractivity contribution is -0.176. The molecule has 1 atom stereocenters. The topological polar surface area (TPSA) is 16.1 Å². The Morgan fingerprint density at radius 3 is 2.75 bits per heavy atom. The van der Waals surface area contributed by atoms with Crippen molar-refractivity contribution in [1.29, 1.82) is 0 Å². The Kier molecular flexibility index (Phi) is 4.78. The third-order valence-electron chi connectivity index (χ3n) is 3.65. The molecule has 2 heterocycles. The molecular weight excluding hydrogens is 289 g/mol. The summed E-state index contributed by atoms with van der Waals surface area (Å²) in [5.74, 6) is -0.296. The first-order chi connectivity index (χ1) is 9.44. The summed E-state index contributed by atoms with van der Waals surface area (Å²) in [7, 11) is 0. The van der Waals surface area contributed by atoms with Crippen molar-refractivity contribution in [2.75, 3.05) is 18.0 Å². The fourth-order valence-corrected chi connectivity index (χ4v) is 2.66. The number of alkyl halides is 4. The van der Waals surface area contributed by atoms with Crippen LogP contribution in [0.4, 0.5) is 19.0 Å². The molecule has 0 bridgehead atoms. The average molecular weight is 307 g/mol. The number of aryl methyl sites for hydroxylation is 1. The molecule has 112 valence electrons. The molecule has 1 unspecified atom stereocenters. The van der Waals surface area contributed by atoms with Gasteiger partial charge in [-0.2, -0.15) is 13.2 Å². The van der Waals surface area contributed by atoms with Gasteiger partial charge in [-0.05, 0) is 37.0 Å². The molecule has 1 fully saturated rings. The molecule has 0 amide bonds. The van der Waals surface area contributed by atoms with E-state index in [0.717, 1.165) is 17.7 Å². The van der Waals surface area contributed by atoms with Crippen molar-refractivity contribution in [3.8, 4) is 0 Å². The van der Waals surface area contributed by atoms with Gasteiger partial charge in [0.15, 0.2) is 0 Å². The highest BCUT2D eigenvalue weighted by atomic mass is 35.5. The largest absolute Gasteiger partial charge is 0.393 e. The third kappa shape index (κ3) is 3.57. The van der Waals surface area contributed by atoms with Crippen LogP contribution in [-0.2, 0) is 12.3 Å². The molecule has 1 aliphatic heterocycles. The minimum absolute atomic E-state index is 0.00854. The molecule has 0 radical (unpaired) electrons. The summed E-state index contributed by atoms with van der Waals surface area (Å²) in [6.45, 7) is 2.58. The third-order valence-corrected chi connectivity index (χ3v) is 3.96. The zero-order valence-corrected chi connectivity index (χ0v) is 12.1. The van der Waals surface area contributed by atoms with Crippen molar-refractivity contribution in [1.82, 2.24) is 4.98 Å². The lowest BCUT2D eigenvalue weighted by atomic mass is 9.97. The van der Waals surface area contributed by atoms with E-state index in [-0.39, 0.29) is 13.0 Å². The van der Waals surface area contributed by atoms with Gasteiger partial charge in [-0.1, -0.05) is 6.92 Å². The van der Waals surface area contributed by atoms with E-state index in [1.807, 2.05) is 13.0 Å². The fraction of sp³-hybridized carbons (Fsp3) is 0.643. The summed E-state index contributed by atoms with van der Waals surface area (Å²) in [6.07, 6.45) is -2.64. The SMILES string of the molecule is CCc1cc(CCl)cc(N2CCCC(C(F)(F)F)C2)n1. The summed E-state index contributed by atoms with van der Waals surface area (Å²) in [5.41, 5.74) is 1.77. The summed E-state index contributed by atoms with van der Waals surface area (Å²) in [4.78, 5) is 6.17. The van der Waals surface area contributed by atoms with Crippen LogP contribution in [0.25, 0.3) is 0 Å². The Morgan fingerprint density at radius 1 is 1.40 bits per heavy atom. The number of anilines is 1. The van der Waals surface area contributed by atoms with E-state index >= 15 is 0 Å². The second-order valence-corrected chi connectivity index (χ2v) is 5.41. The highest BCUT2D eigenvalue weighted by Crippen LogP contribution is 2.34. The highest BCUT2D eigenvalue weighted by molar-refractivity contribution is 6.17. The second-order valence-electron chi connectivity index (χ2n) is 5.14. The summed E-state index contributed by atoms with van der Waals surface area (Å²) < 4.78 is 38.6. The van der Waals surface area contributed by atoms with Crippen molar-refractivity contribution in [3.05, 3.63) is 23.4 Å². The minimum atomic E-state index is -4.13. The van der Waals surface area contributed by atoms with Crippen LogP contribution in [0.2, 0.25) is 0 Å². The lowest BCUT2D eigenvalue weighted by Crippen LogP contribution is -2.42. The number of piperidine rings is 1. The Bertz CT molecular complexity index is 440. The quantitative estimate of drug-likeness (QED) is 0.780. The summed E-state index contributed by atoms with van der Waals surface area (Å²) >= 11 is 5.84. The first kappa shape index (κ1) is 15.4. The first-order valence-corrected chi connectivity index (χ1v) is 7.35. The lowest BCUT2D eigenvalue weighted by Gasteiger charge is -2.34. The van der Waals surface area contributed by atoms with Gasteiger partial charge in [0.1, 0.15) is 5.82 Å². The fourth-order valence-electron chi connectivity index (χ4n) is 2.51. The molecule has 6 heteroatoms. The molecule has 1 saturated heterocycles. The van der Waals surface area contributed by atoms with E-state index in [0.29, 0.717) is 24.7 Å². The van der Waals surface area contributed by atoms with E-state index in [4.69, 9.17) is 11.6 Å². The molecule has 0 aliphatic carbocycles. The van der Waals surface area contributed by atoms with Gasteiger partial charge < -0.3 is 4.90 Å². The van der Waals surface area contributed by atoms with Gasteiger partial charge in [0.25, 0.3) is 0 Å². The van der Waals surface area contributed by atoms with Crippen LogP contribution < -0.4 is 4.90 Å². The molecule has 2 rings (SSSR count). The number of hydrogen-bond acceptors (Lipinski definition) is 2. The number of pyridine rings is 1. The number of hydrogen-bond donors (Lipinski definition) is 0. The van der Waals surface area contributed by atoms with Gasteiger partial charge in [0, 0.05) is 24.7 Å². The summed E-state index contributed by atoms with van der Waals surface area (Å²) in [6, 6.07) is 3.70. The normalized spacial score (nSPS) is 20.2.